The fourth-order valence-corrected chi connectivity index (χ4v) is 0.831. The maximum atomic E-state index is 12.1. The fourth-order valence-electron chi connectivity index (χ4n) is 0.460. The van der Waals surface area contributed by atoms with Crippen LogP contribution >= 0.6 is 15.9 Å². The van der Waals surface area contributed by atoms with Gasteiger partial charge >= 0.3 is 7.69 Å². The maximum Gasteiger partial charge on any atom is 0.432 e. The summed E-state index contributed by atoms with van der Waals surface area (Å²) in [7, 11) is -0.750. The number of halogens is 2. The minimum Gasteiger partial charge on any atom is -0.430 e. The predicted octanol–water partition coefficient (Wildman–Crippen LogP) is 0.826. The van der Waals surface area contributed by atoms with Crippen LogP contribution in [0.1, 0.15) is 0 Å². The quantitative estimate of drug-likeness (QED) is 0.636. The lowest BCUT2D eigenvalue weighted by molar-refractivity contribution is 0.448. The largest absolute Gasteiger partial charge is 0.432 e. The van der Waals surface area contributed by atoms with Gasteiger partial charge in [0.15, 0.2) is 0 Å². The van der Waals surface area contributed by atoms with Crippen LogP contribution in [0.2, 0.25) is 0 Å². The molecule has 11 heavy (non-hydrogen) atoms. The standard InChI is InChI=1S/C6H4BrF.BH3O2/c7-5-2-1-3-6(8)4-5;2-1-3/h1-4H;1-3H. The second-order valence-corrected chi connectivity index (χ2v) is 2.50. The Kier molecular flexibility index (Phi) is 6.11. The highest BCUT2D eigenvalue weighted by Crippen LogP contribution is 2.09. The molecule has 0 saturated heterocycles. The molecule has 0 atom stereocenters. The Morgan fingerprint density at radius 1 is 1.36 bits per heavy atom. The number of rotatable bonds is 0. The second kappa shape index (κ2) is 6.33. The van der Waals surface area contributed by atoms with E-state index >= 15 is 0 Å². The summed E-state index contributed by atoms with van der Waals surface area (Å²) in [6, 6.07) is 6.26. The summed E-state index contributed by atoms with van der Waals surface area (Å²) in [5.74, 6) is -0.209. The Bertz CT molecular complexity index is 192. The zero-order valence-electron chi connectivity index (χ0n) is 5.67. The van der Waals surface area contributed by atoms with Crippen LogP contribution in [0.25, 0.3) is 0 Å². The average Bonchev–Trinajstić information content (AvgIpc) is 1.88. The van der Waals surface area contributed by atoms with E-state index in [0.29, 0.717) is 0 Å². The highest BCUT2D eigenvalue weighted by atomic mass is 79.9. The summed E-state index contributed by atoms with van der Waals surface area (Å²) in [4.78, 5) is 0. The molecule has 0 spiro atoms. The van der Waals surface area contributed by atoms with Gasteiger partial charge in [-0.1, -0.05) is 22.0 Å². The van der Waals surface area contributed by atoms with Crippen LogP contribution < -0.4 is 0 Å². The van der Waals surface area contributed by atoms with Gasteiger partial charge in [-0.3, -0.25) is 0 Å². The van der Waals surface area contributed by atoms with Crippen molar-refractivity contribution < 1.29 is 14.4 Å². The van der Waals surface area contributed by atoms with Gasteiger partial charge in [-0.05, 0) is 18.2 Å². The molecule has 0 bridgehead atoms. The van der Waals surface area contributed by atoms with E-state index in [2.05, 4.69) is 15.9 Å². The molecule has 1 rings (SSSR count). The van der Waals surface area contributed by atoms with E-state index in [1.807, 2.05) is 0 Å². The van der Waals surface area contributed by atoms with Crippen molar-refractivity contribution in [3.05, 3.63) is 34.6 Å². The van der Waals surface area contributed by atoms with Crippen molar-refractivity contribution in [1.29, 1.82) is 0 Å². The topological polar surface area (TPSA) is 40.5 Å². The zero-order valence-corrected chi connectivity index (χ0v) is 7.25. The van der Waals surface area contributed by atoms with E-state index in [4.69, 9.17) is 10.0 Å². The predicted molar refractivity (Wildman–Crippen MR) is 45.7 cm³/mol. The Balaban J connectivity index is 0.000000292. The van der Waals surface area contributed by atoms with Crippen molar-refractivity contribution >= 4 is 23.6 Å². The van der Waals surface area contributed by atoms with Gasteiger partial charge in [-0.2, -0.15) is 0 Å². The molecular weight excluding hydrogens is 214 g/mol. The first-order valence-corrected chi connectivity index (χ1v) is 3.62. The Morgan fingerprint density at radius 2 is 1.91 bits per heavy atom. The molecule has 1 aromatic carbocycles. The first-order chi connectivity index (χ1) is 5.20. The first kappa shape index (κ1) is 10.6. The minimum absolute atomic E-state index is 0.209. The monoisotopic (exact) mass is 220 g/mol. The third-order valence-corrected chi connectivity index (χ3v) is 1.28. The van der Waals surface area contributed by atoms with Gasteiger partial charge in [0.25, 0.3) is 0 Å². The summed E-state index contributed by atoms with van der Waals surface area (Å²) in [5, 5.41) is 14.2. The highest BCUT2D eigenvalue weighted by molar-refractivity contribution is 9.10. The molecule has 0 aliphatic carbocycles. The Labute approximate surface area is 73.1 Å². The molecule has 1 aromatic rings. The van der Waals surface area contributed by atoms with Gasteiger partial charge in [-0.15, -0.1) is 0 Å². The van der Waals surface area contributed by atoms with Gasteiger partial charge < -0.3 is 10.0 Å². The van der Waals surface area contributed by atoms with Crippen LogP contribution in [0.4, 0.5) is 4.39 Å². The highest BCUT2D eigenvalue weighted by Gasteiger charge is 1.86. The molecule has 5 heteroatoms. The van der Waals surface area contributed by atoms with Crippen molar-refractivity contribution in [3.63, 3.8) is 0 Å². The summed E-state index contributed by atoms with van der Waals surface area (Å²) in [5.41, 5.74) is 0. The second-order valence-electron chi connectivity index (χ2n) is 1.58. The lowest BCUT2D eigenvalue weighted by Crippen LogP contribution is -1.75. The number of hydrogen-bond donors (Lipinski definition) is 2. The van der Waals surface area contributed by atoms with Crippen LogP contribution in [-0.4, -0.2) is 17.7 Å². The van der Waals surface area contributed by atoms with Crippen molar-refractivity contribution in [3.8, 4) is 0 Å². The van der Waals surface area contributed by atoms with Crippen LogP contribution in [0.15, 0.2) is 28.7 Å². The van der Waals surface area contributed by atoms with Crippen molar-refractivity contribution in [1.82, 2.24) is 0 Å². The molecule has 0 amide bonds. The summed E-state index contributed by atoms with van der Waals surface area (Å²) in [6.07, 6.45) is 0. The lowest BCUT2D eigenvalue weighted by atomic mass is 10.4. The van der Waals surface area contributed by atoms with Gasteiger partial charge in [0.2, 0.25) is 0 Å². The third kappa shape index (κ3) is 6.03. The van der Waals surface area contributed by atoms with Crippen LogP contribution in [0, 0.1) is 5.82 Å². The first-order valence-electron chi connectivity index (χ1n) is 2.83. The SMILES string of the molecule is Fc1cccc(Br)c1.OBO. The molecule has 2 nitrogen and oxygen atoms in total. The molecule has 0 unspecified atom stereocenters. The Morgan fingerprint density at radius 3 is 2.18 bits per heavy atom. The third-order valence-electron chi connectivity index (χ3n) is 0.787. The van der Waals surface area contributed by atoms with Crippen molar-refractivity contribution in [2.45, 2.75) is 0 Å². The van der Waals surface area contributed by atoms with Gasteiger partial charge in [-0.25, -0.2) is 4.39 Å². The van der Waals surface area contributed by atoms with Crippen molar-refractivity contribution in [2.75, 3.05) is 0 Å². The molecule has 2 N–H and O–H groups in total. The van der Waals surface area contributed by atoms with E-state index in [1.165, 1.54) is 12.1 Å². The summed E-state index contributed by atoms with van der Waals surface area (Å²) in [6.45, 7) is 0. The maximum absolute atomic E-state index is 12.1. The molecule has 0 aliphatic heterocycles. The van der Waals surface area contributed by atoms with Crippen LogP contribution in [0.3, 0.4) is 0 Å². The van der Waals surface area contributed by atoms with Crippen LogP contribution in [-0.2, 0) is 0 Å². The zero-order chi connectivity index (χ0) is 8.69. The van der Waals surface area contributed by atoms with E-state index in [9.17, 15) is 4.39 Å². The normalized spacial score (nSPS) is 8.00. The minimum atomic E-state index is -0.750. The van der Waals surface area contributed by atoms with E-state index in [0.717, 1.165) is 4.47 Å². The molecular formula is C6H7BBrFO2. The summed E-state index contributed by atoms with van der Waals surface area (Å²) >= 11 is 3.12. The van der Waals surface area contributed by atoms with Gasteiger partial charge in [0, 0.05) is 4.47 Å². The van der Waals surface area contributed by atoms with E-state index in [-0.39, 0.29) is 5.82 Å². The van der Waals surface area contributed by atoms with E-state index in [1.54, 1.807) is 12.1 Å². The molecule has 0 saturated carbocycles. The lowest BCUT2D eigenvalue weighted by Gasteiger charge is -1.85. The van der Waals surface area contributed by atoms with Crippen LogP contribution in [0.5, 0.6) is 0 Å². The molecule has 0 fully saturated rings. The average molecular weight is 221 g/mol. The fraction of sp³-hybridized carbons (Fsp3) is 0. The van der Waals surface area contributed by atoms with E-state index < -0.39 is 7.69 Å². The summed E-state index contributed by atoms with van der Waals surface area (Å²) < 4.78 is 12.9. The smallest absolute Gasteiger partial charge is 0.430 e. The molecule has 0 aliphatic rings. The van der Waals surface area contributed by atoms with Gasteiger partial charge in [0.05, 0.1) is 0 Å². The van der Waals surface area contributed by atoms with Gasteiger partial charge in [0.1, 0.15) is 5.82 Å². The molecule has 0 aromatic heterocycles. The molecule has 0 radical (unpaired) electrons. The number of benzene rings is 1. The number of hydrogen-bond acceptors (Lipinski definition) is 2. The molecule has 60 valence electrons. The Hall–Kier alpha value is -0.385. The molecule has 0 heterocycles. The van der Waals surface area contributed by atoms with Crippen molar-refractivity contribution in [2.24, 2.45) is 0 Å².